The molecule has 2 aliphatic heterocycles. The number of likely N-dealkylation sites (tertiary alicyclic amines) is 1. The van der Waals surface area contributed by atoms with Gasteiger partial charge in [-0.25, -0.2) is 0 Å². The molecule has 3 rings (SSSR count). The van der Waals surface area contributed by atoms with Gasteiger partial charge in [-0.2, -0.15) is 0 Å². The van der Waals surface area contributed by atoms with E-state index in [0.717, 1.165) is 13.1 Å². The zero-order valence-electron chi connectivity index (χ0n) is 8.85. The van der Waals surface area contributed by atoms with E-state index in [1.165, 1.54) is 11.3 Å². The number of aliphatic hydroxyl groups excluding tert-OH is 1. The van der Waals surface area contributed by atoms with E-state index in [-0.39, 0.29) is 12.1 Å². The lowest BCUT2D eigenvalue weighted by atomic mass is 9.88. The Labute approximate surface area is 89.7 Å². The third-order valence-electron chi connectivity index (χ3n) is 3.54. The fraction of sp³-hybridized carbons (Fsp3) is 0.500. The van der Waals surface area contributed by atoms with Gasteiger partial charge in [0.25, 0.3) is 0 Å². The zero-order valence-corrected chi connectivity index (χ0v) is 8.85. The van der Waals surface area contributed by atoms with Crippen molar-refractivity contribution in [1.29, 1.82) is 0 Å². The van der Waals surface area contributed by atoms with Crippen molar-refractivity contribution in [3.05, 3.63) is 29.8 Å². The number of aliphatic hydroxyl groups is 1. The molecule has 2 heterocycles. The van der Waals surface area contributed by atoms with E-state index >= 15 is 0 Å². The quantitative estimate of drug-likeness (QED) is 0.658. The molecule has 3 heteroatoms. The largest absolute Gasteiger partial charge is 0.390 e. The number of nitrogens with zero attached hydrogens (tertiary/aromatic N) is 1. The molecule has 1 aromatic carbocycles. The Kier molecular flexibility index (Phi) is 1.97. The number of para-hydroxylation sites is 1. The molecule has 3 nitrogen and oxygen atoms in total. The van der Waals surface area contributed by atoms with Crippen molar-refractivity contribution < 1.29 is 5.11 Å². The van der Waals surface area contributed by atoms with Gasteiger partial charge in [-0.15, -0.1) is 0 Å². The number of rotatable bonds is 0. The van der Waals surface area contributed by atoms with Crippen LogP contribution in [0.15, 0.2) is 24.3 Å². The first-order valence-electron chi connectivity index (χ1n) is 5.48. The van der Waals surface area contributed by atoms with E-state index in [0.29, 0.717) is 5.92 Å². The van der Waals surface area contributed by atoms with Crippen molar-refractivity contribution >= 4 is 5.69 Å². The summed E-state index contributed by atoms with van der Waals surface area (Å²) in [6.07, 6.45) is -0.263. The average molecular weight is 204 g/mol. The van der Waals surface area contributed by atoms with Gasteiger partial charge in [0.1, 0.15) is 0 Å². The Morgan fingerprint density at radius 1 is 1.33 bits per heavy atom. The van der Waals surface area contributed by atoms with E-state index in [9.17, 15) is 5.11 Å². The summed E-state index contributed by atoms with van der Waals surface area (Å²) >= 11 is 0. The van der Waals surface area contributed by atoms with Gasteiger partial charge in [-0.1, -0.05) is 18.2 Å². The summed E-state index contributed by atoms with van der Waals surface area (Å²) in [5, 5.41) is 13.4. The Morgan fingerprint density at radius 3 is 3.00 bits per heavy atom. The highest BCUT2D eigenvalue weighted by Crippen LogP contribution is 2.39. The topological polar surface area (TPSA) is 35.5 Å². The maximum absolute atomic E-state index is 10.0. The van der Waals surface area contributed by atoms with E-state index in [1.807, 2.05) is 6.07 Å². The van der Waals surface area contributed by atoms with Crippen LogP contribution in [0.3, 0.4) is 0 Å². The van der Waals surface area contributed by atoms with Gasteiger partial charge in [0.05, 0.1) is 12.1 Å². The highest BCUT2D eigenvalue weighted by atomic mass is 16.3. The monoisotopic (exact) mass is 204 g/mol. The maximum Gasteiger partial charge on any atom is 0.0874 e. The highest BCUT2D eigenvalue weighted by Gasteiger charge is 2.40. The number of piperidine rings is 1. The number of fused-ring (bicyclic) bond motifs is 3. The smallest absolute Gasteiger partial charge is 0.0874 e. The fourth-order valence-electron chi connectivity index (χ4n) is 2.84. The second kappa shape index (κ2) is 3.22. The normalized spacial score (nSPS) is 34.4. The molecule has 15 heavy (non-hydrogen) atoms. The lowest BCUT2D eigenvalue weighted by molar-refractivity contribution is 0.0641. The predicted molar refractivity (Wildman–Crippen MR) is 60.1 cm³/mol. The zero-order chi connectivity index (χ0) is 10.4. The van der Waals surface area contributed by atoms with Crippen LogP contribution in [0.25, 0.3) is 0 Å². The van der Waals surface area contributed by atoms with Crippen molar-refractivity contribution in [2.45, 2.75) is 18.1 Å². The predicted octanol–water partition coefficient (Wildman–Crippen LogP) is 0.871. The van der Waals surface area contributed by atoms with Gasteiger partial charge < -0.3 is 15.3 Å². The standard InChI is InChI=1S/C12H16N2O/c1-14-6-9-8-4-2-3-5-10(8)13-12(9)11(15)7-14/h2-5,9,11-13,15H,6-7H2,1H3. The minimum absolute atomic E-state index is 0.207. The molecule has 0 bridgehead atoms. The summed E-state index contributed by atoms with van der Waals surface area (Å²) in [6, 6.07) is 8.58. The molecule has 0 spiro atoms. The van der Waals surface area contributed by atoms with Crippen LogP contribution in [0, 0.1) is 0 Å². The molecule has 3 atom stereocenters. The second-order valence-corrected chi connectivity index (χ2v) is 4.65. The summed E-state index contributed by atoms with van der Waals surface area (Å²) < 4.78 is 0. The molecule has 1 saturated heterocycles. The van der Waals surface area contributed by atoms with E-state index < -0.39 is 0 Å². The van der Waals surface area contributed by atoms with Crippen LogP contribution < -0.4 is 5.32 Å². The number of hydrogen-bond acceptors (Lipinski definition) is 3. The molecule has 0 amide bonds. The van der Waals surface area contributed by atoms with Gasteiger partial charge >= 0.3 is 0 Å². The number of likely N-dealkylation sites (N-methyl/N-ethyl adjacent to an activating group) is 1. The molecule has 0 radical (unpaired) electrons. The first-order chi connectivity index (χ1) is 7.25. The summed E-state index contributed by atoms with van der Waals surface area (Å²) in [6.45, 7) is 1.80. The Morgan fingerprint density at radius 2 is 2.13 bits per heavy atom. The van der Waals surface area contributed by atoms with Crippen molar-refractivity contribution in [3.8, 4) is 0 Å². The van der Waals surface area contributed by atoms with E-state index in [4.69, 9.17) is 0 Å². The molecular formula is C12H16N2O. The molecule has 0 aliphatic carbocycles. The fourth-order valence-corrected chi connectivity index (χ4v) is 2.84. The molecule has 2 N–H and O–H groups in total. The van der Waals surface area contributed by atoms with Crippen molar-refractivity contribution in [2.24, 2.45) is 0 Å². The van der Waals surface area contributed by atoms with Crippen LogP contribution >= 0.6 is 0 Å². The number of nitrogens with one attached hydrogen (secondary N) is 1. The molecule has 80 valence electrons. The van der Waals surface area contributed by atoms with E-state index in [2.05, 4.69) is 35.5 Å². The third kappa shape index (κ3) is 1.34. The first kappa shape index (κ1) is 9.19. The van der Waals surface area contributed by atoms with Crippen molar-refractivity contribution in [3.63, 3.8) is 0 Å². The second-order valence-electron chi connectivity index (χ2n) is 4.65. The molecular weight excluding hydrogens is 188 g/mol. The molecule has 1 aromatic rings. The number of anilines is 1. The SMILES string of the molecule is CN1CC(O)C2Nc3ccccc3C2C1. The lowest BCUT2D eigenvalue weighted by Gasteiger charge is -2.36. The number of benzene rings is 1. The van der Waals surface area contributed by atoms with Gasteiger partial charge in [0.15, 0.2) is 0 Å². The van der Waals surface area contributed by atoms with Gasteiger partial charge in [0, 0.05) is 24.7 Å². The van der Waals surface area contributed by atoms with Crippen LogP contribution in [-0.2, 0) is 0 Å². The van der Waals surface area contributed by atoms with Crippen LogP contribution in [0.1, 0.15) is 11.5 Å². The summed E-state index contributed by atoms with van der Waals surface area (Å²) in [5.41, 5.74) is 2.55. The Bertz CT molecular complexity index is 380. The van der Waals surface area contributed by atoms with Crippen LogP contribution in [0.2, 0.25) is 0 Å². The van der Waals surface area contributed by atoms with Gasteiger partial charge in [0.2, 0.25) is 0 Å². The Balaban J connectivity index is 1.98. The lowest BCUT2D eigenvalue weighted by Crippen LogP contribution is -2.50. The average Bonchev–Trinajstić information content (AvgIpc) is 2.57. The molecule has 0 aromatic heterocycles. The van der Waals surface area contributed by atoms with Crippen molar-refractivity contribution in [2.75, 3.05) is 25.5 Å². The summed E-state index contributed by atoms with van der Waals surface area (Å²) in [4.78, 5) is 2.20. The Hall–Kier alpha value is -1.06. The molecule has 3 unspecified atom stereocenters. The third-order valence-corrected chi connectivity index (χ3v) is 3.54. The molecule has 1 fully saturated rings. The first-order valence-corrected chi connectivity index (χ1v) is 5.48. The van der Waals surface area contributed by atoms with Crippen LogP contribution in [0.5, 0.6) is 0 Å². The minimum atomic E-state index is -0.263. The maximum atomic E-state index is 10.0. The van der Waals surface area contributed by atoms with E-state index in [1.54, 1.807) is 0 Å². The van der Waals surface area contributed by atoms with Crippen LogP contribution in [-0.4, -0.2) is 42.3 Å². The van der Waals surface area contributed by atoms with Crippen LogP contribution in [0.4, 0.5) is 5.69 Å². The minimum Gasteiger partial charge on any atom is -0.390 e. The highest BCUT2D eigenvalue weighted by molar-refractivity contribution is 5.60. The number of hydrogen-bond donors (Lipinski definition) is 2. The van der Waals surface area contributed by atoms with Gasteiger partial charge in [-0.05, 0) is 18.7 Å². The summed E-state index contributed by atoms with van der Waals surface area (Å²) in [7, 11) is 2.07. The van der Waals surface area contributed by atoms with Gasteiger partial charge in [-0.3, -0.25) is 0 Å². The molecule has 0 saturated carbocycles. The number of β-amino-alcohol motifs (C(OH)–C–C–N with tert-alkyl or cyclic N) is 1. The van der Waals surface area contributed by atoms with Crippen molar-refractivity contribution in [1.82, 2.24) is 4.90 Å². The summed E-state index contributed by atoms with van der Waals surface area (Å²) in [5.74, 6) is 0.440. The molecule has 2 aliphatic rings.